The second kappa shape index (κ2) is 8.02. The first kappa shape index (κ1) is 19.1. The van der Waals surface area contributed by atoms with Crippen molar-refractivity contribution in [2.75, 3.05) is 6.61 Å². The number of carbonyl (C=O) groups is 1. The number of hydrogen-bond acceptors (Lipinski definition) is 5. The second-order valence-corrected chi connectivity index (χ2v) is 7.17. The topological polar surface area (TPSA) is 86.9 Å². The monoisotopic (exact) mass is 398 g/mol. The number of rotatable bonds is 6. The van der Waals surface area contributed by atoms with E-state index in [0.29, 0.717) is 30.3 Å². The van der Waals surface area contributed by atoms with Crippen molar-refractivity contribution in [2.45, 2.75) is 38.8 Å². The van der Waals surface area contributed by atoms with Gasteiger partial charge in [-0.05, 0) is 50.5 Å². The minimum atomic E-state index is -0.309. The number of carbonyl (C=O) groups excluding carboxylic acids is 1. The van der Waals surface area contributed by atoms with Crippen molar-refractivity contribution in [1.82, 2.24) is 30.1 Å². The lowest BCUT2D eigenvalue weighted by Crippen LogP contribution is -2.31. The van der Waals surface area contributed by atoms with Crippen LogP contribution < -0.4 is 10.1 Å². The molecule has 1 atom stereocenters. The summed E-state index contributed by atoms with van der Waals surface area (Å²) < 4.78 is 21.9. The van der Waals surface area contributed by atoms with Gasteiger partial charge in [-0.2, -0.15) is 5.10 Å². The highest BCUT2D eigenvalue weighted by atomic mass is 19.1. The summed E-state index contributed by atoms with van der Waals surface area (Å²) in [4.78, 5) is 12.8. The summed E-state index contributed by atoms with van der Waals surface area (Å²) in [6, 6.07) is 5.76. The highest BCUT2D eigenvalue weighted by Gasteiger charge is 2.26. The van der Waals surface area contributed by atoms with Gasteiger partial charge >= 0.3 is 0 Å². The minimum absolute atomic E-state index is 0.0636. The highest BCUT2D eigenvalue weighted by molar-refractivity contribution is 5.93. The number of hydrogen-bond donors (Lipinski definition) is 1. The van der Waals surface area contributed by atoms with E-state index in [4.69, 9.17) is 4.74 Å². The Morgan fingerprint density at radius 3 is 2.93 bits per heavy atom. The Morgan fingerprint density at radius 1 is 1.34 bits per heavy atom. The molecule has 0 saturated carbocycles. The molecule has 0 bridgehead atoms. The van der Waals surface area contributed by atoms with E-state index in [1.54, 1.807) is 21.5 Å². The normalized spacial score (nSPS) is 15.8. The summed E-state index contributed by atoms with van der Waals surface area (Å²) in [6.45, 7) is 2.57. The van der Waals surface area contributed by atoms with Gasteiger partial charge in [0.25, 0.3) is 5.91 Å². The summed E-state index contributed by atoms with van der Waals surface area (Å²) in [7, 11) is 1.89. The van der Waals surface area contributed by atoms with Gasteiger partial charge in [-0.3, -0.25) is 9.48 Å². The summed E-state index contributed by atoms with van der Waals surface area (Å²) in [6.07, 6.45) is 4.77. The van der Waals surface area contributed by atoms with E-state index < -0.39 is 0 Å². The van der Waals surface area contributed by atoms with Gasteiger partial charge in [0.15, 0.2) is 5.69 Å². The first-order chi connectivity index (χ1) is 14.0. The quantitative estimate of drug-likeness (QED) is 0.689. The number of halogens is 1. The standard InChI is InChI=1S/C20H23FN6O2/c1-13-19(20(28)22-17-4-3-5-18-16(17)12-26(2)24-18)23-25-27(13)10-11-29-15-8-6-14(21)7-9-15/h6-9,12,17H,3-5,10-11H2,1-2H3,(H,22,28). The van der Waals surface area contributed by atoms with Crippen LogP contribution in [0.2, 0.25) is 0 Å². The molecule has 1 aliphatic carbocycles. The van der Waals surface area contributed by atoms with Crippen LogP contribution in [0.4, 0.5) is 4.39 Å². The fourth-order valence-corrected chi connectivity index (χ4v) is 3.61. The molecule has 1 amide bonds. The van der Waals surface area contributed by atoms with Crippen molar-refractivity contribution in [2.24, 2.45) is 7.05 Å². The van der Waals surface area contributed by atoms with Gasteiger partial charge in [0.2, 0.25) is 0 Å². The van der Waals surface area contributed by atoms with Crippen molar-refractivity contribution >= 4 is 5.91 Å². The van der Waals surface area contributed by atoms with E-state index in [1.807, 2.05) is 20.2 Å². The van der Waals surface area contributed by atoms with Crippen LogP contribution >= 0.6 is 0 Å². The van der Waals surface area contributed by atoms with Gasteiger partial charge in [-0.25, -0.2) is 9.07 Å². The van der Waals surface area contributed by atoms with Crippen LogP contribution in [0.5, 0.6) is 5.75 Å². The average Bonchev–Trinajstić information content (AvgIpc) is 3.26. The Labute approximate surface area is 167 Å². The molecule has 1 aromatic carbocycles. The molecule has 1 unspecified atom stereocenters. The molecule has 0 aliphatic heterocycles. The average molecular weight is 398 g/mol. The Bertz CT molecular complexity index is 1010. The molecule has 152 valence electrons. The third-order valence-corrected chi connectivity index (χ3v) is 5.11. The Balaban J connectivity index is 1.38. The zero-order valence-corrected chi connectivity index (χ0v) is 16.4. The molecule has 0 fully saturated rings. The molecule has 0 spiro atoms. The summed E-state index contributed by atoms with van der Waals surface area (Å²) in [5.74, 6) is 0.0260. The van der Waals surface area contributed by atoms with Crippen LogP contribution in [0.25, 0.3) is 0 Å². The number of aryl methyl sites for hydroxylation is 2. The molecule has 0 saturated heterocycles. The van der Waals surface area contributed by atoms with Crippen molar-refractivity contribution in [3.05, 3.63) is 58.9 Å². The molecule has 2 heterocycles. The molecular formula is C20H23FN6O2. The predicted molar refractivity (Wildman–Crippen MR) is 103 cm³/mol. The van der Waals surface area contributed by atoms with E-state index in [9.17, 15) is 9.18 Å². The fourth-order valence-electron chi connectivity index (χ4n) is 3.61. The van der Waals surface area contributed by atoms with E-state index >= 15 is 0 Å². The van der Waals surface area contributed by atoms with E-state index in [0.717, 1.165) is 30.5 Å². The van der Waals surface area contributed by atoms with Crippen LogP contribution in [-0.4, -0.2) is 37.3 Å². The van der Waals surface area contributed by atoms with Crippen LogP contribution in [0, 0.1) is 12.7 Å². The van der Waals surface area contributed by atoms with Crippen molar-refractivity contribution in [3.8, 4) is 5.75 Å². The van der Waals surface area contributed by atoms with Gasteiger partial charge < -0.3 is 10.1 Å². The Hall–Kier alpha value is -3.23. The van der Waals surface area contributed by atoms with Crippen LogP contribution in [-0.2, 0) is 20.0 Å². The molecule has 29 heavy (non-hydrogen) atoms. The maximum absolute atomic E-state index is 12.9. The van der Waals surface area contributed by atoms with Gasteiger partial charge in [0, 0.05) is 18.8 Å². The third kappa shape index (κ3) is 4.13. The van der Waals surface area contributed by atoms with E-state index in [-0.39, 0.29) is 17.8 Å². The third-order valence-electron chi connectivity index (χ3n) is 5.11. The molecule has 2 aromatic heterocycles. The Kier molecular flexibility index (Phi) is 5.28. The number of amides is 1. The van der Waals surface area contributed by atoms with Crippen LogP contribution in [0.1, 0.15) is 46.3 Å². The zero-order chi connectivity index (χ0) is 20.4. The first-order valence-corrected chi connectivity index (χ1v) is 9.63. The largest absolute Gasteiger partial charge is 0.492 e. The van der Waals surface area contributed by atoms with Crippen molar-refractivity contribution in [3.63, 3.8) is 0 Å². The van der Waals surface area contributed by atoms with Gasteiger partial charge in [-0.15, -0.1) is 5.10 Å². The molecule has 3 aromatic rings. The Morgan fingerprint density at radius 2 is 2.14 bits per heavy atom. The molecule has 1 aliphatic rings. The van der Waals surface area contributed by atoms with Gasteiger partial charge in [0.05, 0.1) is 24.0 Å². The second-order valence-electron chi connectivity index (χ2n) is 7.17. The lowest BCUT2D eigenvalue weighted by molar-refractivity contribution is 0.0927. The number of benzene rings is 1. The maximum atomic E-state index is 12.9. The van der Waals surface area contributed by atoms with Gasteiger partial charge in [0.1, 0.15) is 18.2 Å². The van der Waals surface area contributed by atoms with E-state index in [1.165, 1.54) is 12.1 Å². The number of fused-ring (bicyclic) bond motifs is 1. The predicted octanol–water partition coefficient (Wildman–Crippen LogP) is 2.35. The molecule has 9 heteroatoms. The number of nitrogens with zero attached hydrogens (tertiary/aromatic N) is 5. The lowest BCUT2D eigenvalue weighted by Gasteiger charge is -2.22. The molecule has 1 N–H and O–H groups in total. The SMILES string of the molecule is Cc1c(C(=O)NC2CCCc3nn(C)cc32)nnn1CCOc1ccc(F)cc1. The zero-order valence-electron chi connectivity index (χ0n) is 16.4. The molecule has 4 rings (SSSR count). The first-order valence-electron chi connectivity index (χ1n) is 9.63. The molecule has 8 nitrogen and oxygen atoms in total. The highest BCUT2D eigenvalue weighted by Crippen LogP contribution is 2.29. The van der Waals surface area contributed by atoms with Crippen molar-refractivity contribution < 1.29 is 13.9 Å². The summed E-state index contributed by atoms with van der Waals surface area (Å²) >= 11 is 0. The summed E-state index contributed by atoms with van der Waals surface area (Å²) in [5, 5.41) is 15.7. The van der Waals surface area contributed by atoms with Crippen LogP contribution in [0.15, 0.2) is 30.5 Å². The fraction of sp³-hybridized carbons (Fsp3) is 0.400. The number of ether oxygens (including phenoxy) is 1. The lowest BCUT2D eigenvalue weighted by atomic mass is 9.93. The number of nitrogens with one attached hydrogen (secondary N) is 1. The number of aromatic nitrogens is 5. The maximum Gasteiger partial charge on any atom is 0.274 e. The molecule has 0 radical (unpaired) electrons. The minimum Gasteiger partial charge on any atom is -0.492 e. The molecular weight excluding hydrogens is 375 g/mol. The van der Waals surface area contributed by atoms with E-state index in [2.05, 4.69) is 20.7 Å². The van der Waals surface area contributed by atoms with Crippen molar-refractivity contribution in [1.29, 1.82) is 0 Å². The smallest absolute Gasteiger partial charge is 0.274 e. The van der Waals surface area contributed by atoms with Gasteiger partial charge in [-0.1, -0.05) is 5.21 Å². The van der Waals surface area contributed by atoms with Crippen LogP contribution in [0.3, 0.4) is 0 Å². The summed E-state index contributed by atoms with van der Waals surface area (Å²) in [5.41, 5.74) is 3.10.